The fourth-order valence-corrected chi connectivity index (χ4v) is 3.12. The number of carbonyl (C=O) groups is 1. The van der Waals surface area contributed by atoms with Crippen molar-refractivity contribution in [3.8, 4) is 11.5 Å². The van der Waals surface area contributed by atoms with Gasteiger partial charge in [0.25, 0.3) is 0 Å². The molecule has 0 spiro atoms. The van der Waals surface area contributed by atoms with Crippen LogP contribution in [0.2, 0.25) is 0 Å². The second-order valence-corrected chi connectivity index (χ2v) is 6.83. The molecule has 7 heteroatoms. The van der Waals surface area contributed by atoms with Crippen LogP contribution in [0.1, 0.15) is 22.7 Å². The van der Waals surface area contributed by atoms with E-state index in [1.54, 1.807) is 30.7 Å². The summed E-state index contributed by atoms with van der Waals surface area (Å²) in [5, 5.41) is 16.2. The molecule has 0 aliphatic carbocycles. The van der Waals surface area contributed by atoms with Crippen molar-refractivity contribution in [2.24, 2.45) is 0 Å². The van der Waals surface area contributed by atoms with E-state index < -0.39 is 6.04 Å². The van der Waals surface area contributed by atoms with Crippen LogP contribution in [0.25, 0.3) is 0 Å². The summed E-state index contributed by atoms with van der Waals surface area (Å²) in [5.41, 5.74) is 2.92. The van der Waals surface area contributed by atoms with Gasteiger partial charge in [0.2, 0.25) is 5.91 Å². The quantitative estimate of drug-likeness (QED) is 0.479. The van der Waals surface area contributed by atoms with Crippen LogP contribution in [-0.4, -0.2) is 41.2 Å². The largest absolute Gasteiger partial charge is 0.504 e. The van der Waals surface area contributed by atoms with Gasteiger partial charge in [-0.3, -0.25) is 14.8 Å². The Kier molecular flexibility index (Phi) is 7.74. The minimum absolute atomic E-state index is 0.0356. The summed E-state index contributed by atoms with van der Waals surface area (Å²) in [6, 6.07) is 12.1. The number of nitrogens with zero attached hydrogens (tertiary/aromatic N) is 2. The van der Waals surface area contributed by atoms with Gasteiger partial charge < -0.3 is 20.5 Å². The first-order valence-corrected chi connectivity index (χ1v) is 9.83. The van der Waals surface area contributed by atoms with E-state index in [1.807, 2.05) is 30.5 Å². The minimum atomic E-state index is -0.575. The van der Waals surface area contributed by atoms with Crippen LogP contribution in [0.15, 0.2) is 67.3 Å². The van der Waals surface area contributed by atoms with Gasteiger partial charge in [0.15, 0.2) is 11.5 Å². The van der Waals surface area contributed by atoms with E-state index in [9.17, 15) is 9.90 Å². The van der Waals surface area contributed by atoms with E-state index >= 15 is 0 Å². The van der Waals surface area contributed by atoms with Gasteiger partial charge in [-0.1, -0.05) is 12.1 Å². The van der Waals surface area contributed by atoms with Gasteiger partial charge in [-0.15, -0.1) is 0 Å². The Morgan fingerprint density at radius 3 is 2.57 bits per heavy atom. The third-order valence-corrected chi connectivity index (χ3v) is 4.75. The summed E-state index contributed by atoms with van der Waals surface area (Å²) in [6.07, 6.45) is 8.48. The molecule has 7 nitrogen and oxygen atoms in total. The molecule has 0 saturated heterocycles. The SMILES string of the molecule is COc1cc(C(NCCc2cccnc2)C(=O)NCCc2ccncc2)ccc1O. The molecule has 0 bridgehead atoms. The Bertz CT molecular complexity index is 936. The number of rotatable bonds is 10. The van der Waals surface area contributed by atoms with Gasteiger partial charge in [-0.05, 0) is 59.9 Å². The smallest absolute Gasteiger partial charge is 0.241 e. The van der Waals surface area contributed by atoms with Gasteiger partial charge >= 0.3 is 0 Å². The molecule has 3 N–H and O–H groups in total. The van der Waals surface area contributed by atoms with E-state index in [-0.39, 0.29) is 11.7 Å². The first kappa shape index (κ1) is 21.3. The lowest BCUT2D eigenvalue weighted by Crippen LogP contribution is -2.39. The summed E-state index contributed by atoms with van der Waals surface area (Å²) in [7, 11) is 1.48. The van der Waals surface area contributed by atoms with Crippen molar-refractivity contribution in [1.82, 2.24) is 20.6 Å². The van der Waals surface area contributed by atoms with Gasteiger partial charge in [-0.25, -0.2) is 0 Å². The molecule has 0 fully saturated rings. The zero-order chi connectivity index (χ0) is 21.2. The molecule has 156 valence electrons. The molecular formula is C23H26N4O3. The van der Waals surface area contributed by atoms with Crippen LogP contribution < -0.4 is 15.4 Å². The molecule has 2 aromatic heterocycles. The third kappa shape index (κ3) is 6.02. The van der Waals surface area contributed by atoms with E-state index in [0.29, 0.717) is 18.8 Å². The van der Waals surface area contributed by atoms with Crippen LogP contribution in [0.5, 0.6) is 11.5 Å². The molecule has 1 aromatic carbocycles. The van der Waals surface area contributed by atoms with E-state index in [4.69, 9.17) is 4.74 Å². The number of amides is 1. The molecule has 30 heavy (non-hydrogen) atoms. The molecule has 1 unspecified atom stereocenters. The molecule has 3 rings (SSSR count). The molecule has 1 amide bonds. The highest BCUT2D eigenvalue weighted by Gasteiger charge is 2.21. The maximum atomic E-state index is 13.0. The highest BCUT2D eigenvalue weighted by molar-refractivity contribution is 5.83. The average molecular weight is 406 g/mol. The highest BCUT2D eigenvalue weighted by Crippen LogP contribution is 2.29. The maximum absolute atomic E-state index is 13.0. The van der Waals surface area contributed by atoms with Crippen molar-refractivity contribution in [1.29, 1.82) is 0 Å². The average Bonchev–Trinajstić information content (AvgIpc) is 2.78. The number of benzene rings is 1. The number of nitrogens with one attached hydrogen (secondary N) is 2. The van der Waals surface area contributed by atoms with Gasteiger partial charge in [0, 0.05) is 37.9 Å². The fourth-order valence-electron chi connectivity index (χ4n) is 3.12. The van der Waals surface area contributed by atoms with Crippen LogP contribution in [0.4, 0.5) is 0 Å². The second kappa shape index (κ2) is 10.9. The van der Waals surface area contributed by atoms with Crippen LogP contribution in [0, 0.1) is 0 Å². The number of hydrogen-bond acceptors (Lipinski definition) is 6. The summed E-state index contributed by atoms with van der Waals surface area (Å²) >= 11 is 0. The van der Waals surface area contributed by atoms with Crippen molar-refractivity contribution in [3.63, 3.8) is 0 Å². The number of hydrogen-bond donors (Lipinski definition) is 3. The first-order chi connectivity index (χ1) is 14.7. The molecule has 0 radical (unpaired) electrons. The van der Waals surface area contributed by atoms with Crippen molar-refractivity contribution >= 4 is 5.91 Å². The van der Waals surface area contributed by atoms with Crippen LogP contribution in [0.3, 0.4) is 0 Å². The van der Waals surface area contributed by atoms with Crippen LogP contribution >= 0.6 is 0 Å². The molecule has 0 saturated carbocycles. The van der Waals surface area contributed by atoms with Crippen molar-refractivity contribution in [2.75, 3.05) is 20.2 Å². The Labute approximate surface area is 176 Å². The number of pyridine rings is 2. The number of aromatic hydroxyl groups is 1. The normalized spacial score (nSPS) is 11.6. The van der Waals surface area contributed by atoms with E-state index in [1.165, 1.54) is 13.2 Å². The third-order valence-electron chi connectivity index (χ3n) is 4.75. The lowest BCUT2D eigenvalue weighted by molar-refractivity contribution is -0.123. The Morgan fingerprint density at radius 1 is 1.03 bits per heavy atom. The standard InChI is InChI=1S/C23H26N4O3/c1-30-21-15-19(4-5-20(21)28)22(26-13-9-18-3-2-10-25-16-18)23(29)27-14-8-17-6-11-24-12-7-17/h2-7,10-12,15-16,22,26,28H,8-9,13-14H2,1H3,(H,27,29). The molecule has 0 aliphatic heterocycles. The predicted molar refractivity (Wildman–Crippen MR) is 114 cm³/mol. The first-order valence-electron chi connectivity index (χ1n) is 9.83. The van der Waals surface area contributed by atoms with Gasteiger partial charge in [0.1, 0.15) is 6.04 Å². The molecule has 0 aliphatic rings. The Morgan fingerprint density at radius 2 is 1.83 bits per heavy atom. The van der Waals surface area contributed by atoms with Crippen LogP contribution in [-0.2, 0) is 17.6 Å². The molecule has 1 atom stereocenters. The molecular weight excluding hydrogens is 380 g/mol. The second-order valence-electron chi connectivity index (χ2n) is 6.83. The molecule has 2 heterocycles. The van der Waals surface area contributed by atoms with Gasteiger partial charge in [-0.2, -0.15) is 0 Å². The number of carbonyl (C=O) groups excluding carboxylic acids is 1. The lowest BCUT2D eigenvalue weighted by atomic mass is 10.0. The predicted octanol–water partition coefficient (Wildman–Crippen LogP) is 2.42. The fraction of sp³-hybridized carbons (Fsp3) is 0.261. The Balaban J connectivity index is 1.66. The number of phenols is 1. The van der Waals surface area contributed by atoms with Gasteiger partial charge in [0.05, 0.1) is 7.11 Å². The number of phenolic OH excluding ortho intramolecular Hbond substituents is 1. The monoisotopic (exact) mass is 406 g/mol. The maximum Gasteiger partial charge on any atom is 0.241 e. The summed E-state index contributed by atoms with van der Waals surface area (Å²) in [6.45, 7) is 1.11. The highest BCUT2D eigenvalue weighted by atomic mass is 16.5. The number of ether oxygens (including phenoxy) is 1. The summed E-state index contributed by atoms with van der Waals surface area (Å²) in [5.74, 6) is 0.229. The zero-order valence-corrected chi connectivity index (χ0v) is 16.9. The van der Waals surface area contributed by atoms with E-state index in [0.717, 1.165) is 29.5 Å². The summed E-state index contributed by atoms with van der Waals surface area (Å²) < 4.78 is 5.20. The topological polar surface area (TPSA) is 96.4 Å². The number of methoxy groups -OCH3 is 1. The zero-order valence-electron chi connectivity index (χ0n) is 16.9. The van der Waals surface area contributed by atoms with Crippen molar-refractivity contribution in [2.45, 2.75) is 18.9 Å². The number of aromatic nitrogens is 2. The summed E-state index contributed by atoms with van der Waals surface area (Å²) in [4.78, 5) is 21.1. The van der Waals surface area contributed by atoms with E-state index in [2.05, 4.69) is 20.6 Å². The molecule has 3 aromatic rings. The van der Waals surface area contributed by atoms with Crippen molar-refractivity contribution in [3.05, 3.63) is 83.9 Å². The lowest BCUT2D eigenvalue weighted by Gasteiger charge is -2.20. The Hall–Kier alpha value is -3.45. The van der Waals surface area contributed by atoms with Crippen molar-refractivity contribution < 1.29 is 14.6 Å². The minimum Gasteiger partial charge on any atom is -0.504 e.